The number of aromatic hydroxyl groups is 1. The van der Waals surface area contributed by atoms with Crippen molar-refractivity contribution in [2.45, 2.75) is 31.1 Å². The van der Waals surface area contributed by atoms with Crippen molar-refractivity contribution in [3.8, 4) is 17.2 Å². The SMILES string of the molecule is CC(C)c1cc(Oc2c(Br)cc(CC(=O)NS(=O)(=O)c3ccc(N)cc3)cc2Br)ccc1O. The Kier molecular flexibility index (Phi) is 7.71. The highest BCUT2D eigenvalue weighted by Crippen LogP contribution is 2.39. The van der Waals surface area contributed by atoms with Crippen LogP contribution in [0.5, 0.6) is 17.2 Å². The lowest BCUT2D eigenvalue weighted by molar-refractivity contribution is -0.118. The number of nitrogens with two attached hydrogens (primary N) is 1. The van der Waals surface area contributed by atoms with E-state index >= 15 is 0 Å². The highest BCUT2D eigenvalue weighted by molar-refractivity contribution is 9.11. The lowest BCUT2D eigenvalue weighted by atomic mass is 10.0. The summed E-state index contributed by atoms with van der Waals surface area (Å²) in [6.07, 6.45) is -0.164. The number of anilines is 1. The van der Waals surface area contributed by atoms with Crippen LogP contribution < -0.4 is 15.2 Å². The normalized spacial score (nSPS) is 11.4. The Morgan fingerprint density at radius 2 is 1.67 bits per heavy atom. The largest absolute Gasteiger partial charge is 0.508 e. The molecule has 0 spiro atoms. The number of phenols is 1. The highest BCUT2D eigenvalue weighted by Gasteiger charge is 2.19. The number of nitrogens with one attached hydrogen (secondary N) is 1. The molecule has 0 aliphatic rings. The fourth-order valence-corrected chi connectivity index (χ4v) is 5.49. The lowest BCUT2D eigenvalue weighted by Crippen LogP contribution is -2.31. The van der Waals surface area contributed by atoms with Crippen molar-refractivity contribution < 1.29 is 23.1 Å². The molecule has 3 aromatic rings. The molecule has 4 N–H and O–H groups in total. The van der Waals surface area contributed by atoms with Crippen molar-refractivity contribution in [1.82, 2.24) is 4.72 Å². The molecule has 0 heterocycles. The van der Waals surface area contributed by atoms with Crippen LogP contribution in [0.15, 0.2) is 68.4 Å². The second-order valence-corrected chi connectivity index (χ2v) is 11.0. The number of rotatable bonds is 7. The van der Waals surface area contributed by atoms with Gasteiger partial charge in [0.15, 0.2) is 5.75 Å². The van der Waals surface area contributed by atoms with E-state index in [9.17, 15) is 18.3 Å². The quantitative estimate of drug-likeness (QED) is 0.311. The van der Waals surface area contributed by atoms with Crippen molar-refractivity contribution in [1.29, 1.82) is 0 Å². The van der Waals surface area contributed by atoms with E-state index in [1.165, 1.54) is 24.3 Å². The van der Waals surface area contributed by atoms with Crippen LogP contribution in [-0.4, -0.2) is 19.4 Å². The number of benzene rings is 3. The van der Waals surface area contributed by atoms with Gasteiger partial charge in [0.2, 0.25) is 5.91 Å². The lowest BCUT2D eigenvalue weighted by Gasteiger charge is -2.15. The smallest absolute Gasteiger partial charge is 0.264 e. The first-order valence-electron chi connectivity index (χ1n) is 9.86. The number of carbonyl (C=O) groups is 1. The molecule has 0 radical (unpaired) electrons. The topological polar surface area (TPSA) is 119 Å². The molecule has 0 aromatic heterocycles. The number of halogens is 2. The molecule has 0 saturated heterocycles. The Balaban J connectivity index is 1.75. The molecule has 0 bridgehead atoms. The predicted molar refractivity (Wildman–Crippen MR) is 134 cm³/mol. The molecule has 7 nitrogen and oxygen atoms in total. The van der Waals surface area contributed by atoms with Gasteiger partial charge in [-0.2, -0.15) is 0 Å². The monoisotopic (exact) mass is 596 g/mol. The number of nitrogen functional groups attached to an aromatic ring is 1. The van der Waals surface area contributed by atoms with Gasteiger partial charge in [0.05, 0.1) is 20.3 Å². The van der Waals surface area contributed by atoms with Crippen LogP contribution in [0.4, 0.5) is 5.69 Å². The summed E-state index contributed by atoms with van der Waals surface area (Å²) in [5.41, 5.74) is 7.33. The molecule has 3 rings (SSSR count). The van der Waals surface area contributed by atoms with Gasteiger partial charge in [0, 0.05) is 11.3 Å². The third-order valence-corrected chi connectivity index (χ3v) is 7.27. The average molecular weight is 598 g/mol. The Hall–Kier alpha value is -2.56. The van der Waals surface area contributed by atoms with Gasteiger partial charge in [0.25, 0.3) is 10.0 Å². The third-order valence-electron chi connectivity index (χ3n) is 4.70. The molecule has 0 fully saturated rings. The van der Waals surface area contributed by atoms with E-state index < -0.39 is 15.9 Å². The van der Waals surface area contributed by atoms with E-state index in [-0.39, 0.29) is 23.0 Å². The minimum Gasteiger partial charge on any atom is -0.508 e. The van der Waals surface area contributed by atoms with E-state index in [4.69, 9.17) is 10.5 Å². The Morgan fingerprint density at radius 1 is 1.06 bits per heavy atom. The summed E-state index contributed by atoms with van der Waals surface area (Å²) >= 11 is 6.89. The second-order valence-electron chi connectivity index (χ2n) is 7.64. The maximum Gasteiger partial charge on any atom is 0.264 e. The van der Waals surface area contributed by atoms with Crippen molar-refractivity contribution >= 4 is 53.5 Å². The summed E-state index contributed by atoms with van der Waals surface area (Å²) in [4.78, 5) is 12.3. The first kappa shape index (κ1) is 25.1. The predicted octanol–water partition coefficient (Wildman–Crippen LogP) is 5.46. The maximum absolute atomic E-state index is 12.4. The molecular weight excluding hydrogens is 576 g/mol. The second kappa shape index (κ2) is 10.1. The van der Waals surface area contributed by atoms with E-state index in [2.05, 4.69) is 36.6 Å². The van der Waals surface area contributed by atoms with Crippen LogP contribution in [0.2, 0.25) is 0 Å². The van der Waals surface area contributed by atoms with E-state index in [1.54, 1.807) is 30.3 Å². The van der Waals surface area contributed by atoms with Gasteiger partial charge in [-0.05, 0) is 97.9 Å². The summed E-state index contributed by atoms with van der Waals surface area (Å²) in [5, 5.41) is 10.0. The van der Waals surface area contributed by atoms with E-state index in [0.29, 0.717) is 31.7 Å². The number of sulfonamides is 1. The van der Waals surface area contributed by atoms with Crippen LogP contribution in [0.25, 0.3) is 0 Å². The van der Waals surface area contributed by atoms with Crippen molar-refractivity contribution in [3.63, 3.8) is 0 Å². The van der Waals surface area contributed by atoms with Gasteiger partial charge < -0.3 is 15.6 Å². The average Bonchev–Trinajstić information content (AvgIpc) is 2.71. The third kappa shape index (κ3) is 6.27. The fourth-order valence-electron chi connectivity index (χ4n) is 3.07. The van der Waals surface area contributed by atoms with Gasteiger partial charge in [-0.15, -0.1) is 0 Å². The summed E-state index contributed by atoms with van der Waals surface area (Å²) in [5.74, 6) is 0.656. The summed E-state index contributed by atoms with van der Waals surface area (Å²) < 4.78 is 34.0. The number of phenolic OH excluding ortho intramolecular Hbond substituents is 1. The number of hydrogen-bond donors (Lipinski definition) is 3. The highest BCUT2D eigenvalue weighted by atomic mass is 79.9. The van der Waals surface area contributed by atoms with Crippen LogP contribution >= 0.6 is 31.9 Å². The van der Waals surface area contributed by atoms with Gasteiger partial charge in [-0.25, -0.2) is 13.1 Å². The van der Waals surface area contributed by atoms with Gasteiger partial charge in [0.1, 0.15) is 11.5 Å². The summed E-state index contributed by atoms with van der Waals surface area (Å²) in [6, 6.07) is 13.9. The van der Waals surface area contributed by atoms with Gasteiger partial charge >= 0.3 is 0 Å². The van der Waals surface area contributed by atoms with Crippen LogP contribution in [-0.2, 0) is 21.2 Å². The zero-order valence-electron chi connectivity index (χ0n) is 17.8. The van der Waals surface area contributed by atoms with Crippen molar-refractivity contribution in [2.24, 2.45) is 0 Å². The number of ether oxygens (including phenoxy) is 1. The molecule has 33 heavy (non-hydrogen) atoms. The minimum absolute atomic E-state index is 0.0502. The van der Waals surface area contributed by atoms with Gasteiger partial charge in [-0.1, -0.05) is 13.8 Å². The van der Waals surface area contributed by atoms with Crippen molar-refractivity contribution in [3.05, 3.63) is 74.7 Å². The van der Waals surface area contributed by atoms with Crippen LogP contribution in [0.1, 0.15) is 30.9 Å². The minimum atomic E-state index is -4.00. The summed E-state index contributed by atoms with van der Waals surface area (Å²) in [6.45, 7) is 3.94. The first-order valence-corrected chi connectivity index (χ1v) is 12.9. The zero-order valence-corrected chi connectivity index (χ0v) is 21.8. The molecular formula is C23H22Br2N2O5S. The number of amides is 1. The van der Waals surface area contributed by atoms with Crippen LogP contribution in [0.3, 0.4) is 0 Å². The molecule has 3 aromatic carbocycles. The maximum atomic E-state index is 12.4. The molecule has 0 unspecified atom stereocenters. The van der Waals surface area contributed by atoms with Crippen LogP contribution in [0, 0.1) is 0 Å². The Bertz CT molecular complexity index is 1270. The van der Waals surface area contributed by atoms with Gasteiger partial charge in [-0.3, -0.25) is 4.79 Å². The Morgan fingerprint density at radius 3 is 2.24 bits per heavy atom. The molecule has 0 atom stereocenters. The molecule has 0 aliphatic heterocycles. The summed E-state index contributed by atoms with van der Waals surface area (Å²) in [7, 11) is -4.00. The van der Waals surface area contributed by atoms with E-state index in [1.807, 2.05) is 13.8 Å². The van der Waals surface area contributed by atoms with Crippen molar-refractivity contribution in [2.75, 3.05) is 5.73 Å². The molecule has 0 saturated carbocycles. The van der Waals surface area contributed by atoms with E-state index in [0.717, 1.165) is 5.56 Å². The molecule has 174 valence electrons. The fraction of sp³-hybridized carbons (Fsp3) is 0.174. The number of hydrogen-bond acceptors (Lipinski definition) is 6. The Labute approximate surface area is 209 Å². The molecule has 1 amide bonds. The first-order chi connectivity index (χ1) is 15.5. The molecule has 10 heteroatoms. The number of carbonyl (C=O) groups excluding carboxylic acids is 1. The standard InChI is InChI=1S/C23H22Br2N2O5S/c1-13(2)18-12-16(5-8-21(18)28)32-23-19(24)9-14(10-20(23)25)11-22(29)27-33(30,31)17-6-3-15(26)4-7-17/h3-10,12-13,28H,11,26H2,1-2H3,(H,27,29). The molecule has 0 aliphatic carbocycles. The zero-order chi connectivity index (χ0) is 24.3.